The third-order valence-electron chi connectivity index (χ3n) is 3.10. The second kappa shape index (κ2) is 6.91. The molecule has 4 N–H and O–H groups in total. The molecule has 10 heteroatoms. The van der Waals surface area contributed by atoms with Gasteiger partial charge in [-0.05, 0) is 49.5 Å². The number of nitro benzene ring substituents is 1. The van der Waals surface area contributed by atoms with Crippen LogP contribution >= 0.6 is 12.2 Å². The summed E-state index contributed by atoms with van der Waals surface area (Å²) in [6, 6.07) is 10.4. The van der Waals surface area contributed by atoms with Crippen molar-refractivity contribution in [3.05, 3.63) is 58.1 Å². The number of hydrogen-bond acceptors (Lipinski definition) is 5. The minimum atomic E-state index is -3.75. The minimum Gasteiger partial charge on any atom is -0.332 e. The Bertz CT molecular complexity index is 895. The Balaban J connectivity index is 2.08. The lowest BCUT2D eigenvalue weighted by Crippen LogP contribution is -2.19. The molecule has 0 aromatic heterocycles. The first-order valence-electron chi connectivity index (χ1n) is 6.63. The number of benzene rings is 2. The molecule has 0 saturated carbocycles. The van der Waals surface area contributed by atoms with Gasteiger partial charge in [-0.2, -0.15) is 0 Å². The molecule has 2 aromatic rings. The molecule has 0 bridgehead atoms. The topological polar surface area (TPSA) is 127 Å². The Morgan fingerprint density at radius 2 is 1.67 bits per heavy atom. The highest BCUT2D eigenvalue weighted by atomic mass is 32.2. The lowest BCUT2D eigenvalue weighted by atomic mass is 10.2. The van der Waals surface area contributed by atoms with Crippen LogP contribution in [0.25, 0.3) is 0 Å². The van der Waals surface area contributed by atoms with Gasteiger partial charge in [0.25, 0.3) is 5.69 Å². The first-order valence-corrected chi connectivity index (χ1v) is 8.58. The number of rotatable bonds is 4. The monoisotopic (exact) mass is 366 g/mol. The summed E-state index contributed by atoms with van der Waals surface area (Å²) in [5.74, 6) is 0. The first kappa shape index (κ1) is 17.8. The minimum absolute atomic E-state index is 0.0129. The number of nitro groups is 1. The average molecular weight is 366 g/mol. The Hall–Kier alpha value is -2.56. The van der Waals surface area contributed by atoms with Crippen molar-refractivity contribution in [2.24, 2.45) is 5.14 Å². The lowest BCUT2D eigenvalue weighted by molar-refractivity contribution is -0.385. The Labute approximate surface area is 143 Å². The fraction of sp³-hybridized carbons (Fsp3) is 0.0714. The molecule has 0 atom stereocenters. The number of hydrogen-bond donors (Lipinski definition) is 3. The highest BCUT2D eigenvalue weighted by Gasteiger charge is 2.12. The molecule has 24 heavy (non-hydrogen) atoms. The summed E-state index contributed by atoms with van der Waals surface area (Å²) in [6.45, 7) is 1.64. The van der Waals surface area contributed by atoms with Crippen LogP contribution in [0.5, 0.6) is 0 Å². The van der Waals surface area contributed by atoms with Gasteiger partial charge in [-0.15, -0.1) is 0 Å². The number of nitrogens with two attached hydrogens (primary N) is 1. The molecule has 0 radical (unpaired) electrons. The van der Waals surface area contributed by atoms with Crippen molar-refractivity contribution < 1.29 is 13.3 Å². The molecule has 0 aliphatic carbocycles. The van der Waals surface area contributed by atoms with Crippen molar-refractivity contribution in [1.82, 2.24) is 0 Å². The van der Waals surface area contributed by atoms with Crippen molar-refractivity contribution in [1.29, 1.82) is 0 Å². The van der Waals surface area contributed by atoms with Crippen molar-refractivity contribution >= 4 is 44.4 Å². The summed E-state index contributed by atoms with van der Waals surface area (Å²) in [7, 11) is -3.75. The third-order valence-corrected chi connectivity index (χ3v) is 4.24. The van der Waals surface area contributed by atoms with Crippen molar-refractivity contribution in [2.75, 3.05) is 10.6 Å². The molecule has 0 saturated heterocycles. The normalized spacial score (nSPS) is 10.9. The van der Waals surface area contributed by atoms with Crippen molar-refractivity contribution in [3.63, 3.8) is 0 Å². The molecule has 126 valence electrons. The van der Waals surface area contributed by atoms with Crippen LogP contribution in [0.3, 0.4) is 0 Å². The number of sulfonamides is 1. The molecule has 0 aliphatic heterocycles. The summed E-state index contributed by atoms with van der Waals surface area (Å²) in [6.07, 6.45) is 0. The predicted molar refractivity (Wildman–Crippen MR) is 95.5 cm³/mol. The van der Waals surface area contributed by atoms with E-state index in [4.69, 9.17) is 17.4 Å². The summed E-state index contributed by atoms with van der Waals surface area (Å²) in [5.41, 5.74) is 1.54. The summed E-state index contributed by atoms with van der Waals surface area (Å²) < 4.78 is 22.4. The second-order valence-corrected chi connectivity index (χ2v) is 6.88. The van der Waals surface area contributed by atoms with Gasteiger partial charge in [0.15, 0.2) is 5.11 Å². The zero-order valence-corrected chi connectivity index (χ0v) is 14.1. The number of thiocarbonyl (C=S) groups is 1. The van der Waals surface area contributed by atoms with E-state index in [-0.39, 0.29) is 15.7 Å². The number of nitrogens with zero attached hydrogens (tertiary/aromatic N) is 1. The van der Waals surface area contributed by atoms with E-state index in [1.54, 1.807) is 19.1 Å². The van der Waals surface area contributed by atoms with E-state index in [1.165, 1.54) is 30.3 Å². The smallest absolute Gasteiger partial charge is 0.274 e. The van der Waals surface area contributed by atoms with E-state index in [0.717, 1.165) is 0 Å². The Morgan fingerprint density at radius 3 is 2.21 bits per heavy atom. The summed E-state index contributed by atoms with van der Waals surface area (Å²) in [5, 5.41) is 21.8. The first-order chi connectivity index (χ1) is 11.2. The van der Waals surface area contributed by atoms with Crippen molar-refractivity contribution in [2.45, 2.75) is 11.8 Å². The van der Waals surface area contributed by atoms with E-state index in [1.807, 2.05) is 0 Å². The van der Waals surface area contributed by atoms with Crippen LogP contribution in [-0.2, 0) is 10.0 Å². The predicted octanol–water partition coefficient (Wildman–Crippen LogP) is 2.36. The maximum absolute atomic E-state index is 11.2. The van der Waals surface area contributed by atoms with E-state index in [0.29, 0.717) is 16.9 Å². The number of anilines is 2. The highest BCUT2D eigenvalue weighted by Crippen LogP contribution is 2.22. The molecule has 0 fully saturated rings. The Kier molecular flexibility index (Phi) is 5.12. The van der Waals surface area contributed by atoms with Crippen LogP contribution < -0.4 is 15.8 Å². The lowest BCUT2D eigenvalue weighted by Gasteiger charge is -2.11. The maximum atomic E-state index is 11.2. The van der Waals surface area contributed by atoms with Gasteiger partial charge < -0.3 is 10.6 Å². The molecule has 2 rings (SSSR count). The van der Waals surface area contributed by atoms with Gasteiger partial charge in [-0.1, -0.05) is 6.07 Å². The molecule has 0 spiro atoms. The molecule has 0 unspecified atom stereocenters. The van der Waals surface area contributed by atoms with Gasteiger partial charge in [-0.25, -0.2) is 13.6 Å². The standard InChI is InChI=1S/C14H14N4O4S2/c1-9-2-3-11(8-13(9)18(19)20)17-14(23)16-10-4-6-12(7-5-10)24(15,21)22/h2-8H,1H3,(H2,15,21,22)(H2,16,17,23). The van der Waals surface area contributed by atoms with Crippen LogP contribution in [0.4, 0.5) is 17.1 Å². The van der Waals surface area contributed by atoms with Crippen molar-refractivity contribution in [3.8, 4) is 0 Å². The summed E-state index contributed by atoms with van der Waals surface area (Å²) >= 11 is 5.13. The molecule has 8 nitrogen and oxygen atoms in total. The number of aryl methyl sites for hydroxylation is 1. The van der Waals surface area contributed by atoms with Gasteiger partial charge in [0.05, 0.1) is 9.82 Å². The molecular formula is C14H14N4O4S2. The average Bonchev–Trinajstić information content (AvgIpc) is 2.48. The SMILES string of the molecule is Cc1ccc(NC(=S)Nc2ccc(S(N)(=O)=O)cc2)cc1[N+](=O)[O-]. The molecular weight excluding hydrogens is 352 g/mol. The second-order valence-electron chi connectivity index (χ2n) is 4.91. The van der Waals surface area contributed by atoms with Gasteiger partial charge in [0.2, 0.25) is 10.0 Å². The molecule has 0 heterocycles. The number of primary sulfonamides is 1. The van der Waals surface area contributed by atoms with Crippen LogP contribution in [0.1, 0.15) is 5.56 Å². The van der Waals surface area contributed by atoms with Gasteiger partial charge in [0.1, 0.15) is 0 Å². The van der Waals surface area contributed by atoms with Crippen LogP contribution in [0.2, 0.25) is 0 Å². The third kappa shape index (κ3) is 4.47. The van der Waals surface area contributed by atoms with Gasteiger partial charge >= 0.3 is 0 Å². The largest absolute Gasteiger partial charge is 0.332 e. The quantitative estimate of drug-likeness (QED) is 0.430. The number of nitrogens with one attached hydrogen (secondary N) is 2. The molecule has 0 aliphatic rings. The maximum Gasteiger partial charge on any atom is 0.274 e. The van der Waals surface area contributed by atoms with Gasteiger partial charge in [0, 0.05) is 23.0 Å². The highest BCUT2D eigenvalue weighted by molar-refractivity contribution is 7.89. The van der Waals surface area contributed by atoms with Crippen LogP contribution in [-0.4, -0.2) is 18.5 Å². The molecule has 2 aromatic carbocycles. The van der Waals surface area contributed by atoms with Crippen LogP contribution in [0.15, 0.2) is 47.4 Å². The molecule has 0 amide bonds. The summed E-state index contributed by atoms with van der Waals surface area (Å²) in [4.78, 5) is 10.5. The fourth-order valence-corrected chi connectivity index (χ4v) is 2.66. The zero-order valence-electron chi connectivity index (χ0n) is 12.5. The fourth-order valence-electron chi connectivity index (χ4n) is 1.91. The van der Waals surface area contributed by atoms with E-state index in [2.05, 4.69) is 10.6 Å². The van der Waals surface area contributed by atoms with Crippen LogP contribution in [0, 0.1) is 17.0 Å². The van der Waals surface area contributed by atoms with Gasteiger partial charge in [-0.3, -0.25) is 10.1 Å². The van der Waals surface area contributed by atoms with E-state index >= 15 is 0 Å². The van der Waals surface area contributed by atoms with E-state index < -0.39 is 14.9 Å². The zero-order chi connectivity index (χ0) is 17.9. The Morgan fingerprint density at radius 1 is 1.12 bits per heavy atom. The van der Waals surface area contributed by atoms with E-state index in [9.17, 15) is 18.5 Å².